The van der Waals surface area contributed by atoms with Crippen LogP contribution in [-0.4, -0.2) is 25.7 Å². The Morgan fingerprint density at radius 3 is 2.72 bits per heavy atom. The van der Waals surface area contributed by atoms with Crippen LogP contribution >= 0.6 is 34.2 Å². The van der Waals surface area contributed by atoms with Crippen LogP contribution in [0.5, 0.6) is 0 Å². The van der Waals surface area contributed by atoms with Crippen molar-refractivity contribution in [3.8, 4) is 0 Å². The van der Waals surface area contributed by atoms with Crippen molar-refractivity contribution in [2.75, 3.05) is 24.5 Å². The molecule has 0 spiro atoms. The molecule has 4 heteroatoms. The summed E-state index contributed by atoms with van der Waals surface area (Å²) in [5, 5.41) is 4.48. The second kappa shape index (κ2) is 6.96. The highest BCUT2D eigenvalue weighted by molar-refractivity contribution is 14.1. The molecule has 0 amide bonds. The van der Waals surface area contributed by atoms with Gasteiger partial charge in [0.1, 0.15) is 0 Å². The van der Waals surface area contributed by atoms with Gasteiger partial charge < -0.3 is 10.2 Å². The standard InChI is InChI=1S/C14H20ClIN2/c1-2-7-17-12-5-8-18(9-6-12)14-4-3-11(16)10-13(14)15/h3-4,10,12,17H,2,5-9H2,1H3. The first-order valence-corrected chi connectivity index (χ1v) is 8.09. The molecule has 2 nitrogen and oxygen atoms in total. The molecule has 0 bridgehead atoms. The lowest BCUT2D eigenvalue weighted by atomic mass is 10.0. The molecular formula is C14H20ClIN2. The van der Waals surface area contributed by atoms with Gasteiger partial charge in [-0.25, -0.2) is 0 Å². The molecule has 0 unspecified atom stereocenters. The third kappa shape index (κ3) is 3.75. The second-order valence-corrected chi connectivity index (χ2v) is 6.46. The zero-order valence-corrected chi connectivity index (χ0v) is 13.7. The van der Waals surface area contributed by atoms with Gasteiger partial charge in [0.2, 0.25) is 0 Å². The Bertz CT molecular complexity index is 389. The Hall–Kier alpha value is -0.0000000000000000555. The van der Waals surface area contributed by atoms with Crippen LogP contribution in [0.4, 0.5) is 5.69 Å². The summed E-state index contributed by atoms with van der Waals surface area (Å²) in [4.78, 5) is 2.41. The van der Waals surface area contributed by atoms with E-state index in [9.17, 15) is 0 Å². The molecule has 1 N–H and O–H groups in total. The Morgan fingerprint density at radius 2 is 2.11 bits per heavy atom. The number of nitrogens with zero attached hydrogens (tertiary/aromatic N) is 1. The molecule has 1 saturated heterocycles. The number of piperidine rings is 1. The van der Waals surface area contributed by atoms with Gasteiger partial charge in [-0.15, -0.1) is 0 Å². The second-order valence-electron chi connectivity index (χ2n) is 4.81. The molecular weight excluding hydrogens is 359 g/mol. The number of benzene rings is 1. The van der Waals surface area contributed by atoms with E-state index < -0.39 is 0 Å². The van der Waals surface area contributed by atoms with Crippen LogP contribution in [-0.2, 0) is 0 Å². The van der Waals surface area contributed by atoms with E-state index in [1.165, 1.54) is 28.5 Å². The van der Waals surface area contributed by atoms with Crippen molar-refractivity contribution in [1.82, 2.24) is 5.32 Å². The molecule has 0 saturated carbocycles. The maximum absolute atomic E-state index is 6.32. The van der Waals surface area contributed by atoms with Gasteiger partial charge in [-0.3, -0.25) is 0 Å². The monoisotopic (exact) mass is 378 g/mol. The molecule has 1 aliphatic heterocycles. The molecule has 0 aromatic heterocycles. The lowest BCUT2D eigenvalue weighted by molar-refractivity contribution is 0.416. The largest absolute Gasteiger partial charge is 0.370 e. The molecule has 1 heterocycles. The zero-order valence-electron chi connectivity index (χ0n) is 10.8. The molecule has 18 heavy (non-hydrogen) atoms. The molecule has 1 aromatic carbocycles. The first kappa shape index (κ1) is 14.4. The lowest BCUT2D eigenvalue weighted by Gasteiger charge is -2.34. The minimum atomic E-state index is 0.684. The zero-order chi connectivity index (χ0) is 13.0. The number of anilines is 1. The number of hydrogen-bond acceptors (Lipinski definition) is 2. The average Bonchev–Trinajstić information content (AvgIpc) is 2.37. The van der Waals surface area contributed by atoms with E-state index in [0.29, 0.717) is 6.04 Å². The van der Waals surface area contributed by atoms with E-state index in [2.05, 4.69) is 51.9 Å². The molecule has 100 valence electrons. The maximum atomic E-state index is 6.32. The van der Waals surface area contributed by atoms with Gasteiger partial charge in [-0.2, -0.15) is 0 Å². The van der Waals surface area contributed by atoms with Crippen molar-refractivity contribution in [1.29, 1.82) is 0 Å². The Balaban J connectivity index is 1.93. The smallest absolute Gasteiger partial charge is 0.0650 e. The molecule has 0 atom stereocenters. The van der Waals surface area contributed by atoms with Gasteiger partial charge in [0.15, 0.2) is 0 Å². The topological polar surface area (TPSA) is 15.3 Å². The quantitative estimate of drug-likeness (QED) is 0.799. The van der Waals surface area contributed by atoms with Gasteiger partial charge in [0.25, 0.3) is 0 Å². The van der Waals surface area contributed by atoms with Crippen LogP contribution in [0.15, 0.2) is 18.2 Å². The van der Waals surface area contributed by atoms with Crippen molar-refractivity contribution in [2.24, 2.45) is 0 Å². The van der Waals surface area contributed by atoms with Crippen LogP contribution in [0.3, 0.4) is 0 Å². The Morgan fingerprint density at radius 1 is 1.39 bits per heavy atom. The number of rotatable bonds is 4. The van der Waals surface area contributed by atoms with E-state index >= 15 is 0 Å². The first-order chi connectivity index (χ1) is 8.70. The molecule has 0 aliphatic carbocycles. The highest BCUT2D eigenvalue weighted by atomic mass is 127. The number of nitrogens with one attached hydrogen (secondary N) is 1. The van der Waals surface area contributed by atoms with Crippen molar-refractivity contribution in [3.05, 3.63) is 26.8 Å². The first-order valence-electron chi connectivity index (χ1n) is 6.64. The van der Waals surface area contributed by atoms with E-state index in [4.69, 9.17) is 11.6 Å². The summed E-state index contributed by atoms with van der Waals surface area (Å²) in [7, 11) is 0. The number of halogens is 2. The summed E-state index contributed by atoms with van der Waals surface area (Å²) < 4.78 is 1.20. The third-order valence-electron chi connectivity index (χ3n) is 3.43. The van der Waals surface area contributed by atoms with E-state index in [-0.39, 0.29) is 0 Å². The summed E-state index contributed by atoms with van der Waals surface area (Å²) in [5.74, 6) is 0. The Kier molecular flexibility index (Phi) is 5.57. The van der Waals surface area contributed by atoms with Crippen LogP contribution < -0.4 is 10.2 Å². The highest BCUT2D eigenvalue weighted by Gasteiger charge is 2.20. The Labute approximate surface area is 128 Å². The van der Waals surface area contributed by atoms with Crippen molar-refractivity contribution < 1.29 is 0 Å². The minimum absolute atomic E-state index is 0.684. The van der Waals surface area contributed by atoms with Crippen molar-refractivity contribution in [2.45, 2.75) is 32.2 Å². The lowest BCUT2D eigenvalue weighted by Crippen LogP contribution is -2.42. The van der Waals surface area contributed by atoms with E-state index in [1.54, 1.807) is 0 Å². The summed E-state index contributed by atoms with van der Waals surface area (Å²) in [6, 6.07) is 7.00. The predicted octanol–water partition coefficient (Wildman–Crippen LogP) is 3.91. The van der Waals surface area contributed by atoms with Crippen LogP contribution in [0.2, 0.25) is 5.02 Å². The molecule has 0 radical (unpaired) electrons. The summed E-state index contributed by atoms with van der Waals surface area (Å²) in [6.07, 6.45) is 3.63. The van der Waals surface area contributed by atoms with Gasteiger partial charge in [-0.1, -0.05) is 18.5 Å². The highest BCUT2D eigenvalue weighted by Crippen LogP contribution is 2.29. The van der Waals surface area contributed by atoms with E-state index in [0.717, 1.165) is 24.7 Å². The summed E-state index contributed by atoms with van der Waals surface area (Å²) in [5.41, 5.74) is 1.19. The van der Waals surface area contributed by atoms with Crippen LogP contribution in [0, 0.1) is 3.57 Å². The van der Waals surface area contributed by atoms with E-state index in [1.807, 2.05) is 6.07 Å². The fourth-order valence-corrected chi connectivity index (χ4v) is 3.39. The predicted molar refractivity (Wildman–Crippen MR) is 87.7 cm³/mol. The minimum Gasteiger partial charge on any atom is -0.370 e. The SMILES string of the molecule is CCCNC1CCN(c2ccc(I)cc2Cl)CC1. The van der Waals surface area contributed by atoms with Crippen LogP contribution in [0.1, 0.15) is 26.2 Å². The summed E-state index contributed by atoms with van der Waals surface area (Å²) >= 11 is 8.62. The molecule has 1 aromatic rings. The maximum Gasteiger partial charge on any atom is 0.0650 e. The number of hydrogen-bond donors (Lipinski definition) is 1. The third-order valence-corrected chi connectivity index (χ3v) is 4.40. The average molecular weight is 379 g/mol. The van der Waals surface area contributed by atoms with Crippen molar-refractivity contribution in [3.63, 3.8) is 0 Å². The summed E-state index contributed by atoms with van der Waals surface area (Å²) in [6.45, 7) is 5.55. The van der Waals surface area contributed by atoms with Crippen molar-refractivity contribution >= 4 is 39.9 Å². The van der Waals surface area contributed by atoms with Crippen LogP contribution in [0.25, 0.3) is 0 Å². The fourth-order valence-electron chi connectivity index (χ4n) is 2.41. The fraction of sp³-hybridized carbons (Fsp3) is 0.571. The normalized spacial score (nSPS) is 17.2. The molecule has 1 aliphatic rings. The molecule has 2 rings (SSSR count). The van der Waals surface area contributed by atoms with Gasteiger partial charge in [0, 0.05) is 22.7 Å². The van der Waals surface area contributed by atoms with Gasteiger partial charge in [0.05, 0.1) is 10.7 Å². The molecule has 1 fully saturated rings. The van der Waals surface area contributed by atoms with Gasteiger partial charge >= 0.3 is 0 Å². The van der Waals surface area contributed by atoms with Gasteiger partial charge in [-0.05, 0) is 66.6 Å².